The molecule has 0 aliphatic heterocycles. The Kier molecular flexibility index (Phi) is 4.89. The van der Waals surface area contributed by atoms with Crippen molar-refractivity contribution in [2.24, 2.45) is 0 Å². The van der Waals surface area contributed by atoms with Gasteiger partial charge in [0, 0.05) is 0 Å². The van der Waals surface area contributed by atoms with Crippen LogP contribution in [0.2, 0.25) is 0 Å². The van der Waals surface area contributed by atoms with Gasteiger partial charge in [-0.25, -0.2) is 8.42 Å². The molecule has 2 aromatic carbocycles. The van der Waals surface area contributed by atoms with Crippen molar-refractivity contribution in [2.75, 3.05) is 4.72 Å². The monoisotopic (exact) mass is 341 g/mol. The van der Waals surface area contributed by atoms with Crippen LogP contribution in [0, 0.1) is 20.8 Å². The van der Waals surface area contributed by atoms with Gasteiger partial charge in [-0.1, -0.05) is 17.7 Å². The fraction of sp³-hybridized carbons (Fsp3) is 0.250. The Bertz CT molecular complexity index is 820. The summed E-state index contributed by atoms with van der Waals surface area (Å²) in [6, 6.07) is 9.07. The molecule has 0 saturated heterocycles. The first-order chi connectivity index (χ1) is 10.7. The first-order valence-electron chi connectivity index (χ1n) is 6.84. The lowest BCUT2D eigenvalue weighted by Gasteiger charge is -2.14. The van der Waals surface area contributed by atoms with E-state index in [-0.39, 0.29) is 10.6 Å². The van der Waals surface area contributed by atoms with Crippen LogP contribution < -0.4 is 9.46 Å². The van der Waals surface area contributed by atoms with E-state index in [4.69, 9.17) is 0 Å². The second-order valence-electron chi connectivity index (χ2n) is 5.23. The molecule has 0 aliphatic rings. The van der Waals surface area contributed by atoms with Crippen LogP contribution in [0.4, 0.5) is 14.5 Å². The van der Waals surface area contributed by atoms with Crippen LogP contribution in [0.15, 0.2) is 41.3 Å². The van der Waals surface area contributed by atoms with Gasteiger partial charge in [0.25, 0.3) is 10.0 Å². The van der Waals surface area contributed by atoms with Crippen molar-refractivity contribution in [3.63, 3.8) is 0 Å². The third kappa shape index (κ3) is 4.19. The molecule has 124 valence electrons. The number of aryl methyl sites for hydroxylation is 3. The van der Waals surface area contributed by atoms with Crippen LogP contribution >= 0.6 is 0 Å². The van der Waals surface area contributed by atoms with Gasteiger partial charge in [-0.2, -0.15) is 8.78 Å². The highest BCUT2D eigenvalue weighted by Gasteiger charge is 2.18. The molecular formula is C16H17F2NO3S. The predicted molar refractivity (Wildman–Crippen MR) is 84.5 cm³/mol. The van der Waals surface area contributed by atoms with Crippen LogP contribution in [0.5, 0.6) is 5.75 Å². The summed E-state index contributed by atoms with van der Waals surface area (Å²) in [5.41, 5.74) is 2.39. The average Bonchev–Trinajstić information content (AvgIpc) is 2.40. The van der Waals surface area contributed by atoms with Crippen LogP contribution in [0.1, 0.15) is 16.7 Å². The Morgan fingerprint density at radius 2 is 1.70 bits per heavy atom. The number of hydrogen-bond donors (Lipinski definition) is 1. The van der Waals surface area contributed by atoms with Gasteiger partial charge in [0.15, 0.2) is 0 Å². The Hall–Kier alpha value is -2.15. The van der Waals surface area contributed by atoms with E-state index in [9.17, 15) is 17.2 Å². The molecule has 0 radical (unpaired) electrons. The normalized spacial score (nSPS) is 11.6. The van der Waals surface area contributed by atoms with Crippen molar-refractivity contribution in [3.05, 3.63) is 53.1 Å². The van der Waals surface area contributed by atoms with Gasteiger partial charge in [-0.15, -0.1) is 0 Å². The van der Waals surface area contributed by atoms with Gasteiger partial charge in [0.1, 0.15) is 5.75 Å². The number of sulfonamides is 1. The minimum absolute atomic E-state index is 0.0213. The quantitative estimate of drug-likeness (QED) is 0.894. The predicted octanol–water partition coefficient (Wildman–Crippen LogP) is 4.01. The average molecular weight is 341 g/mol. The molecule has 0 unspecified atom stereocenters. The van der Waals surface area contributed by atoms with E-state index in [1.165, 1.54) is 24.3 Å². The van der Waals surface area contributed by atoms with E-state index in [0.29, 0.717) is 16.8 Å². The van der Waals surface area contributed by atoms with E-state index in [1.807, 2.05) is 6.92 Å². The second kappa shape index (κ2) is 6.54. The van der Waals surface area contributed by atoms with E-state index >= 15 is 0 Å². The van der Waals surface area contributed by atoms with Crippen molar-refractivity contribution in [1.29, 1.82) is 0 Å². The maximum atomic E-state index is 12.5. The molecule has 23 heavy (non-hydrogen) atoms. The zero-order valence-electron chi connectivity index (χ0n) is 12.9. The van der Waals surface area contributed by atoms with E-state index in [0.717, 1.165) is 5.56 Å². The molecule has 0 atom stereocenters. The number of ether oxygens (including phenoxy) is 1. The first-order valence-corrected chi connectivity index (χ1v) is 8.33. The highest BCUT2D eigenvalue weighted by molar-refractivity contribution is 7.92. The summed E-state index contributed by atoms with van der Waals surface area (Å²) in [7, 11) is -3.76. The molecule has 2 rings (SSSR count). The molecule has 0 amide bonds. The molecule has 0 heterocycles. The number of halogens is 2. The van der Waals surface area contributed by atoms with Crippen LogP contribution in [0.25, 0.3) is 0 Å². The molecule has 4 nitrogen and oxygen atoms in total. The number of alkyl halides is 2. The second-order valence-corrected chi connectivity index (χ2v) is 6.88. The summed E-state index contributed by atoms with van der Waals surface area (Å²) >= 11 is 0. The van der Waals surface area contributed by atoms with E-state index in [1.54, 1.807) is 26.0 Å². The summed E-state index contributed by atoms with van der Waals surface area (Å²) in [5, 5.41) is 0. The smallest absolute Gasteiger partial charge is 0.387 e. The highest BCUT2D eigenvalue weighted by atomic mass is 32.2. The molecule has 7 heteroatoms. The van der Waals surface area contributed by atoms with Crippen LogP contribution in [-0.4, -0.2) is 15.0 Å². The topological polar surface area (TPSA) is 55.4 Å². The lowest BCUT2D eigenvalue weighted by Crippen LogP contribution is -2.15. The highest BCUT2D eigenvalue weighted by Crippen LogP contribution is 2.26. The molecule has 0 spiro atoms. The summed E-state index contributed by atoms with van der Waals surface area (Å²) < 4.78 is 56.1. The van der Waals surface area contributed by atoms with Crippen LogP contribution in [-0.2, 0) is 10.0 Å². The molecule has 1 N–H and O–H groups in total. The fourth-order valence-corrected chi connectivity index (χ4v) is 3.59. The number of benzene rings is 2. The molecule has 0 bridgehead atoms. The Morgan fingerprint density at radius 1 is 1.00 bits per heavy atom. The van der Waals surface area contributed by atoms with E-state index < -0.39 is 16.6 Å². The van der Waals surface area contributed by atoms with Gasteiger partial charge < -0.3 is 4.74 Å². The van der Waals surface area contributed by atoms with Gasteiger partial charge in [-0.05, 0) is 56.2 Å². The maximum absolute atomic E-state index is 12.5. The number of anilines is 1. The molecule has 2 aromatic rings. The first kappa shape index (κ1) is 17.2. The lowest BCUT2D eigenvalue weighted by molar-refractivity contribution is -0.0498. The minimum atomic E-state index is -3.76. The maximum Gasteiger partial charge on any atom is 0.387 e. The van der Waals surface area contributed by atoms with Gasteiger partial charge in [-0.3, -0.25) is 4.72 Å². The third-order valence-corrected chi connectivity index (χ3v) is 4.81. The van der Waals surface area contributed by atoms with Gasteiger partial charge in [0.2, 0.25) is 0 Å². The SMILES string of the molecule is Cc1ccc(S(=O)(=O)Nc2ccc(OC(F)F)cc2C)c(C)c1. The summed E-state index contributed by atoms with van der Waals surface area (Å²) in [6.07, 6.45) is 0. The van der Waals surface area contributed by atoms with Gasteiger partial charge >= 0.3 is 6.61 Å². The Labute approximate surface area is 134 Å². The van der Waals surface area contributed by atoms with E-state index in [2.05, 4.69) is 9.46 Å². The number of rotatable bonds is 5. The van der Waals surface area contributed by atoms with Crippen molar-refractivity contribution in [1.82, 2.24) is 0 Å². The zero-order valence-corrected chi connectivity index (χ0v) is 13.7. The molecule has 0 saturated carbocycles. The van der Waals surface area contributed by atoms with Crippen molar-refractivity contribution in [2.45, 2.75) is 32.3 Å². The Balaban J connectivity index is 2.30. The summed E-state index contributed by atoms with van der Waals surface area (Å²) in [5.74, 6) is -0.0213. The Morgan fingerprint density at radius 3 is 2.26 bits per heavy atom. The number of hydrogen-bond acceptors (Lipinski definition) is 3. The van der Waals surface area contributed by atoms with Crippen molar-refractivity contribution < 1.29 is 21.9 Å². The largest absolute Gasteiger partial charge is 0.435 e. The number of nitrogens with one attached hydrogen (secondary N) is 1. The van der Waals surface area contributed by atoms with Gasteiger partial charge in [0.05, 0.1) is 10.6 Å². The minimum Gasteiger partial charge on any atom is -0.435 e. The standard InChI is InChI=1S/C16H17F2NO3S/c1-10-4-7-15(12(3)8-10)23(20,21)19-14-6-5-13(9-11(14)2)22-16(17)18/h4-9,16,19H,1-3H3. The summed E-state index contributed by atoms with van der Waals surface area (Å²) in [4.78, 5) is 0.176. The summed E-state index contributed by atoms with van der Waals surface area (Å²) in [6.45, 7) is 2.28. The molecular weight excluding hydrogens is 324 g/mol. The molecule has 0 aliphatic carbocycles. The third-order valence-electron chi connectivity index (χ3n) is 3.29. The fourth-order valence-electron chi connectivity index (χ4n) is 2.23. The van der Waals surface area contributed by atoms with Crippen molar-refractivity contribution >= 4 is 15.7 Å². The molecule has 0 aromatic heterocycles. The molecule has 0 fully saturated rings. The van der Waals surface area contributed by atoms with Crippen molar-refractivity contribution in [3.8, 4) is 5.75 Å². The van der Waals surface area contributed by atoms with Crippen LogP contribution in [0.3, 0.4) is 0 Å². The zero-order chi connectivity index (χ0) is 17.2. The lowest BCUT2D eigenvalue weighted by atomic mass is 10.2.